The van der Waals surface area contributed by atoms with Crippen molar-refractivity contribution in [3.63, 3.8) is 0 Å². The van der Waals surface area contributed by atoms with Gasteiger partial charge in [0.2, 0.25) is 0 Å². The smallest absolute Gasteiger partial charge is 0.0435 e. The topological polar surface area (TPSA) is 12.0 Å². The summed E-state index contributed by atoms with van der Waals surface area (Å²) in [7, 11) is 0. The number of hydrogen-bond acceptors (Lipinski definition) is 1. The van der Waals surface area contributed by atoms with Crippen LogP contribution < -0.4 is 5.32 Å². The Hall–Kier alpha value is -0.500. The van der Waals surface area contributed by atoms with Gasteiger partial charge in [-0.1, -0.05) is 22.0 Å². The number of halogens is 1. The van der Waals surface area contributed by atoms with E-state index in [0.29, 0.717) is 4.83 Å². The van der Waals surface area contributed by atoms with Crippen molar-refractivity contribution in [2.45, 2.75) is 25.1 Å². The molecule has 13 heavy (non-hydrogen) atoms. The van der Waals surface area contributed by atoms with Gasteiger partial charge in [-0.05, 0) is 43.0 Å². The molecule has 0 bridgehead atoms. The van der Waals surface area contributed by atoms with Gasteiger partial charge in [0.05, 0.1) is 0 Å². The maximum Gasteiger partial charge on any atom is 0.0435 e. The van der Waals surface area contributed by atoms with E-state index in [1.807, 2.05) is 0 Å². The Balaban J connectivity index is 2.56. The van der Waals surface area contributed by atoms with Crippen LogP contribution >= 0.6 is 15.9 Å². The molecule has 0 aromatic heterocycles. The van der Waals surface area contributed by atoms with Gasteiger partial charge >= 0.3 is 0 Å². The third-order valence-electron chi connectivity index (χ3n) is 2.56. The van der Waals surface area contributed by atoms with Crippen molar-refractivity contribution in [2.75, 3.05) is 11.9 Å². The molecule has 0 fully saturated rings. The molecule has 0 aliphatic carbocycles. The molecule has 0 amide bonds. The van der Waals surface area contributed by atoms with E-state index in [2.05, 4.69) is 47.2 Å². The third kappa shape index (κ3) is 1.60. The van der Waals surface area contributed by atoms with Crippen LogP contribution in [0.4, 0.5) is 5.69 Å². The zero-order valence-electron chi connectivity index (χ0n) is 8.02. The van der Waals surface area contributed by atoms with Crippen LogP contribution in [-0.2, 0) is 0 Å². The normalized spacial score (nSPS) is 20.7. The fourth-order valence-corrected chi connectivity index (χ4v) is 2.86. The molecule has 2 heteroatoms. The van der Waals surface area contributed by atoms with E-state index in [1.54, 1.807) is 0 Å². The van der Waals surface area contributed by atoms with E-state index < -0.39 is 0 Å². The highest BCUT2D eigenvalue weighted by Crippen LogP contribution is 2.38. The van der Waals surface area contributed by atoms with E-state index in [9.17, 15) is 0 Å². The molecule has 1 aliphatic rings. The summed E-state index contributed by atoms with van der Waals surface area (Å²) in [6.07, 6.45) is 1.18. The Bertz CT molecular complexity index is 333. The van der Waals surface area contributed by atoms with Crippen molar-refractivity contribution in [3.05, 3.63) is 28.8 Å². The largest absolute Gasteiger partial charge is 0.385 e. The maximum absolute atomic E-state index is 3.72. The first kappa shape index (κ1) is 9.07. The molecule has 0 saturated heterocycles. The molecule has 1 heterocycles. The number of aryl methyl sites for hydroxylation is 2. The standard InChI is InChI=1S/C11H14BrN/c1-7-5-8(2)11-9(12)3-4-13-10(11)6-7/h5-6,9,13H,3-4H2,1-2H3. The van der Waals surface area contributed by atoms with Crippen molar-refractivity contribution in [3.8, 4) is 0 Å². The SMILES string of the molecule is Cc1cc(C)c2c(c1)NCCC2Br. The molecular weight excluding hydrogens is 226 g/mol. The molecule has 2 rings (SSSR count). The Kier molecular flexibility index (Phi) is 2.33. The minimum atomic E-state index is 0.532. The highest BCUT2D eigenvalue weighted by Gasteiger charge is 2.19. The summed E-state index contributed by atoms with van der Waals surface area (Å²) in [5.41, 5.74) is 5.48. The summed E-state index contributed by atoms with van der Waals surface area (Å²) in [6, 6.07) is 4.48. The van der Waals surface area contributed by atoms with E-state index in [-0.39, 0.29) is 0 Å². The number of hydrogen-bond donors (Lipinski definition) is 1. The van der Waals surface area contributed by atoms with Gasteiger partial charge in [0.1, 0.15) is 0 Å². The van der Waals surface area contributed by atoms with Crippen LogP contribution in [0.5, 0.6) is 0 Å². The van der Waals surface area contributed by atoms with Gasteiger partial charge in [0.15, 0.2) is 0 Å². The molecule has 1 unspecified atom stereocenters. The fraction of sp³-hybridized carbons (Fsp3) is 0.455. The summed E-state index contributed by atoms with van der Waals surface area (Å²) in [4.78, 5) is 0.532. The van der Waals surface area contributed by atoms with Crippen LogP contribution in [0.2, 0.25) is 0 Å². The van der Waals surface area contributed by atoms with Crippen LogP contribution in [-0.4, -0.2) is 6.54 Å². The lowest BCUT2D eigenvalue weighted by molar-refractivity contribution is 0.815. The number of anilines is 1. The average Bonchev–Trinajstić information content (AvgIpc) is 2.02. The Morgan fingerprint density at radius 3 is 2.92 bits per heavy atom. The Morgan fingerprint density at radius 2 is 2.15 bits per heavy atom. The zero-order chi connectivity index (χ0) is 9.42. The average molecular weight is 240 g/mol. The first-order valence-corrected chi connectivity index (χ1v) is 5.59. The Morgan fingerprint density at radius 1 is 1.38 bits per heavy atom. The van der Waals surface area contributed by atoms with Gasteiger partial charge < -0.3 is 5.32 Å². The molecule has 1 aliphatic heterocycles. The molecule has 1 N–H and O–H groups in total. The van der Waals surface area contributed by atoms with E-state index >= 15 is 0 Å². The summed E-state index contributed by atoms with van der Waals surface area (Å²) in [5, 5.41) is 3.44. The predicted molar refractivity (Wildman–Crippen MR) is 60.7 cm³/mol. The van der Waals surface area contributed by atoms with Crippen LogP contribution in [0.15, 0.2) is 12.1 Å². The highest BCUT2D eigenvalue weighted by molar-refractivity contribution is 9.09. The van der Waals surface area contributed by atoms with E-state index in [4.69, 9.17) is 0 Å². The molecule has 1 aromatic carbocycles. The maximum atomic E-state index is 3.72. The summed E-state index contributed by atoms with van der Waals surface area (Å²) < 4.78 is 0. The summed E-state index contributed by atoms with van der Waals surface area (Å²) in [6.45, 7) is 5.41. The minimum absolute atomic E-state index is 0.532. The number of fused-ring (bicyclic) bond motifs is 1. The molecule has 0 saturated carbocycles. The lowest BCUT2D eigenvalue weighted by Gasteiger charge is -2.25. The van der Waals surface area contributed by atoms with Crippen molar-refractivity contribution in [2.24, 2.45) is 0 Å². The van der Waals surface area contributed by atoms with Crippen molar-refractivity contribution >= 4 is 21.6 Å². The zero-order valence-corrected chi connectivity index (χ0v) is 9.61. The molecule has 1 atom stereocenters. The summed E-state index contributed by atoms with van der Waals surface area (Å²) in [5.74, 6) is 0. The molecular formula is C11H14BrN. The number of nitrogens with one attached hydrogen (secondary N) is 1. The Labute approximate surface area is 87.7 Å². The van der Waals surface area contributed by atoms with Crippen LogP contribution in [0.3, 0.4) is 0 Å². The summed E-state index contributed by atoms with van der Waals surface area (Å²) >= 11 is 3.72. The number of rotatable bonds is 0. The second-order valence-corrected chi connectivity index (χ2v) is 4.83. The van der Waals surface area contributed by atoms with E-state index in [1.165, 1.54) is 28.8 Å². The van der Waals surface area contributed by atoms with Crippen LogP contribution in [0, 0.1) is 13.8 Å². The molecule has 0 radical (unpaired) electrons. The molecule has 1 aromatic rings. The molecule has 1 nitrogen and oxygen atoms in total. The van der Waals surface area contributed by atoms with Gasteiger partial charge in [-0.3, -0.25) is 0 Å². The van der Waals surface area contributed by atoms with Gasteiger partial charge in [-0.25, -0.2) is 0 Å². The van der Waals surface area contributed by atoms with Crippen molar-refractivity contribution in [1.82, 2.24) is 0 Å². The number of benzene rings is 1. The van der Waals surface area contributed by atoms with Gasteiger partial charge in [0.25, 0.3) is 0 Å². The second kappa shape index (κ2) is 3.33. The lowest BCUT2D eigenvalue weighted by atomic mass is 9.96. The quantitative estimate of drug-likeness (QED) is 0.684. The lowest BCUT2D eigenvalue weighted by Crippen LogP contribution is -2.14. The van der Waals surface area contributed by atoms with Crippen molar-refractivity contribution < 1.29 is 0 Å². The first-order chi connectivity index (χ1) is 6.18. The van der Waals surface area contributed by atoms with Gasteiger partial charge in [0, 0.05) is 17.1 Å². The number of alkyl halides is 1. The van der Waals surface area contributed by atoms with Gasteiger partial charge in [-0.15, -0.1) is 0 Å². The fourth-order valence-electron chi connectivity index (χ4n) is 2.02. The minimum Gasteiger partial charge on any atom is -0.385 e. The first-order valence-electron chi connectivity index (χ1n) is 4.67. The van der Waals surface area contributed by atoms with Crippen LogP contribution in [0.25, 0.3) is 0 Å². The predicted octanol–water partition coefficient (Wildman–Crippen LogP) is 3.56. The molecule has 70 valence electrons. The second-order valence-electron chi connectivity index (χ2n) is 3.73. The highest BCUT2D eigenvalue weighted by atomic mass is 79.9. The third-order valence-corrected chi connectivity index (χ3v) is 3.47. The van der Waals surface area contributed by atoms with E-state index in [0.717, 1.165) is 6.54 Å². The monoisotopic (exact) mass is 239 g/mol. The van der Waals surface area contributed by atoms with Crippen molar-refractivity contribution in [1.29, 1.82) is 0 Å². The van der Waals surface area contributed by atoms with Crippen LogP contribution in [0.1, 0.15) is 27.9 Å². The van der Waals surface area contributed by atoms with Gasteiger partial charge in [-0.2, -0.15) is 0 Å². The molecule has 0 spiro atoms.